The van der Waals surface area contributed by atoms with Crippen LogP contribution in [0.15, 0.2) is 46.3 Å². The minimum Gasteiger partial charge on any atom is -0.472 e. The summed E-state index contributed by atoms with van der Waals surface area (Å²) in [4.78, 5) is 0. The lowest BCUT2D eigenvalue weighted by atomic mass is 10.1. The highest BCUT2D eigenvalue weighted by Gasteiger charge is 1.94. The molecular formula is C15H22O2. The number of hydrogen-bond acceptors (Lipinski definition) is 2. The Morgan fingerprint density at radius 3 is 2.65 bits per heavy atom. The van der Waals surface area contributed by atoms with E-state index in [1.807, 2.05) is 13.0 Å². The van der Waals surface area contributed by atoms with Crippen LogP contribution in [0, 0.1) is 0 Å². The van der Waals surface area contributed by atoms with Crippen LogP contribution in [0.5, 0.6) is 0 Å². The van der Waals surface area contributed by atoms with Crippen molar-refractivity contribution in [3.63, 3.8) is 0 Å². The number of aliphatic hydroxyl groups is 1. The molecule has 0 saturated carbocycles. The summed E-state index contributed by atoms with van der Waals surface area (Å²) in [6.07, 6.45) is 12.1. The van der Waals surface area contributed by atoms with Crippen molar-refractivity contribution >= 4 is 0 Å². The van der Waals surface area contributed by atoms with Gasteiger partial charge in [0.2, 0.25) is 0 Å². The van der Waals surface area contributed by atoms with Crippen molar-refractivity contribution in [2.45, 2.75) is 39.5 Å². The van der Waals surface area contributed by atoms with Crippen LogP contribution in [-0.2, 0) is 6.42 Å². The first-order valence-electron chi connectivity index (χ1n) is 6.15. The molecule has 2 heteroatoms. The van der Waals surface area contributed by atoms with Gasteiger partial charge in [0.1, 0.15) is 0 Å². The van der Waals surface area contributed by atoms with Crippen LogP contribution in [0.4, 0.5) is 0 Å². The van der Waals surface area contributed by atoms with Gasteiger partial charge in [-0.25, -0.2) is 0 Å². The molecular weight excluding hydrogens is 212 g/mol. The maximum Gasteiger partial charge on any atom is 0.0934 e. The third kappa shape index (κ3) is 6.12. The van der Waals surface area contributed by atoms with Crippen LogP contribution in [0.1, 0.15) is 38.7 Å². The van der Waals surface area contributed by atoms with Gasteiger partial charge in [0.25, 0.3) is 0 Å². The Bertz CT molecular complexity index is 358. The Morgan fingerprint density at radius 1 is 1.24 bits per heavy atom. The molecule has 1 heterocycles. The third-order valence-corrected chi connectivity index (χ3v) is 2.79. The lowest BCUT2D eigenvalue weighted by Crippen LogP contribution is -1.85. The molecule has 0 bridgehead atoms. The smallest absolute Gasteiger partial charge is 0.0934 e. The number of allylic oxidation sites excluding steroid dienone is 3. The van der Waals surface area contributed by atoms with Crippen molar-refractivity contribution in [1.82, 2.24) is 0 Å². The van der Waals surface area contributed by atoms with E-state index in [-0.39, 0.29) is 6.61 Å². The molecule has 1 aromatic heterocycles. The minimum atomic E-state index is 0.170. The standard InChI is InChI=1S/C15H22O2/c1-13(5-3-7-14(2)11-16)6-4-8-15-9-10-17-12-15/h6-7,9-10,12,16H,3-5,8,11H2,1-2H3/b13-6+,14-7+. The second kappa shape index (κ2) is 7.91. The topological polar surface area (TPSA) is 33.4 Å². The first-order chi connectivity index (χ1) is 8.22. The van der Waals surface area contributed by atoms with E-state index in [0.29, 0.717) is 0 Å². The second-order valence-electron chi connectivity index (χ2n) is 4.47. The van der Waals surface area contributed by atoms with Crippen molar-refractivity contribution in [2.24, 2.45) is 0 Å². The molecule has 0 spiro atoms. The molecule has 0 fully saturated rings. The lowest BCUT2D eigenvalue weighted by Gasteiger charge is -1.99. The van der Waals surface area contributed by atoms with E-state index in [1.54, 1.807) is 12.5 Å². The molecule has 1 aromatic rings. The van der Waals surface area contributed by atoms with Crippen molar-refractivity contribution in [2.75, 3.05) is 6.61 Å². The molecule has 0 unspecified atom stereocenters. The van der Waals surface area contributed by atoms with Crippen LogP contribution in [-0.4, -0.2) is 11.7 Å². The molecule has 0 radical (unpaired) electrons. The van der Waals surface area contributed by atoms with Gasteiger partial charge in [0.05, 0.1) is 19.1 Å². The molecule has 2 nitrogen and oxygen atoms in total. The third-order valence-electron chi connectivity index (χ3n) is 2.79. The first-order valence-corrected chi connectivity index (χ1v) is 6.15. The van der Waals surface area contributed by atoms with Crippen LogP contribution in [0.2, 0.25) is 0 Å². The molecule has 0 amide bonds. The summed E-state index contributed by atoms with van der Waals surface area (Å²) in [5, 5.41) is 8.86. The summed E-state index contributed by atoms with van der Waals surface area (Å²) in [7, 11) is 0. The van der Waals surface area contributed by atoms with Crippen LogP contribution >= 0.6 is 0 Å². The van der Waals surface area contributed by atoms with Crippen molar-refractivity contribution in [1.29, 1.82) is 0 Å². The Hall–Kier alpha value is -1.28. The Labute approximate surface area is 104 Å². The molecule has 1 rings (SSSR count). The molecule has 0 saturated heterocycles. The second-order valence-corrected chi connectivity index (χ2v) is 4.47. The summed E-state index contributed by atoms with van der Waals surface area (Å²) in [5.41, 5.74) is 3.72. The van der Waals surface area contributed by atoms with Gasteiger partial charge in [-0.2, -0.15) is 0 Å². The van der Waals surface area contributed by atoms with Gasteiger partial charge in [0, 0.05) is 0 Å². The zero-order valence-corrected chi connectivity index (χ0v) is 10.8. The normalized spacial score (nSPS) is 13.1. The Morgan fingerprint density at radius 2 is 2.00 bits per heavy atom. The van der Waals surface area contributed by atoms with E-state index in [9.17, 15) is 0 Å². The number of rotatable bonds is 7. The van der Waals surface area contributed by atoms with Gasteiger partial charge in [-0.3, -0.25) is 0 Å². The van der Waals surface area contributed by atoms with Gasteiger partial charge in [-0.05, 0) is 51.2 Å². The van der Waals surface area contributed by atoms with Crippen molar-refractivity contribution in [3.05, 3.63) is 47.5 Å². The van der Waals surface area contributed by atoms with Crippen molar-refractivity contribution in [3.8, 4) is 0 Å². The highest BCUT2D eigenvalue weighted by molar-refractivity contribution is 5.08. The van der Waals surface area contributed by atoms with E-state index < -0.39 is 0 Å². The Balaban J connectivity index is 2.21. The molecule has 0 aliphatic heterocycles. The zero-order chi connectivity index (χ0) is 12.5. The average molecular weight is 234 g/mol. The van der Waals surface area contributed by atoms with Crippen molar-refractivity contribution < 1.29 is 9.52 Å². The van der Waals surface area contributed by atoms with E-state index in [1.165, 1.54) is 11.1 Å². The molecule has 17 heavy (non-hydrogen) atoms. The lowest BCUT2D eigenvalue weighted by molar-refractivity contribution is 0.331. The SMILES string of the molecule is C/C(=C\CC/C(C)=C/CCc1ccoc1)CO. The highest BCUT2D eigenvalue weighted by Crippen LogP contribution is 2.10. The fraction of sp³-hybridized carbons (Fsp3) is 0.467. The zero-order valence-electron chi connectivity index (χ0n) is 10.8. The number of aryl methyl sites for hydroxylation is 1. The van der Waals surface area contributed by atoms with Gasteiger partial charge in [-0.1, -0.05) is 23.3 Å². The van der Waals surface area contributed by atoms with Gasteiger partial charge < -0.3 is 9.52 Å². The summed E-state index contributed by atoms with van der Waals surface area (Å²) < 4.78 is 5.02. The predicted octanol–water partition coefficient (Wildman–Crippen LogP) is 3.88. The van der Waals surface area contributed by atoms with Crippen LogP contribution in [0.25, 0.3) is 0 Å². The molecule has 94 valence electrons. The minimum absolute atomic E-state index is 0.170. The maximum absolute atomic E-state index is 8.86. The maximum atomic E-state index is 8.86. The number of hydrogen-bond donors (Lipinski definition) is 1. The summed E-state index contributed by atoms with van der Waals surface area (Å²) in [6.45, 7) is 4.29. The fourth-order valence-electron chi connectivity index (χ4n) is 1.63. The number of furan rings is 1. The molecule has 0 atom stereocenters. The first kappa shape index (κ1) is 13.8. The van der Waals surface area contributed by atoms with E-state index in [4.69, 9.17) is 9.52 Å². The average Bonchev–Trinajstić information content (AvgIpc) is 2.82. The monoisotopic (exact) mass is 234 g/mol. The molecule has 0 aromatic carbocycles. The molecule has 0 aliphatic rings. The largest absolute Gasteiger partial charge is 0.472 e. The Kier molecular flexibility index (Phi) is 6.41. The number of aliphatic hydroxyl groups excluding tert-OH is 1. The van der Waals surface area contributed by atoms with E-state index in [0.717, 1.165) is 31.3 Å². The van der Waals surface area contributed by atoms with Crippen LogP contribution < -0.4 is 0 Å². The van der Waals surface area contributed by atoms with Gasteiger partial charge >= 0.3 is 0 Å². The van der Waals surface area contributed by atoms with E-state index >= 15 is 0 Å². The highest BCUT2D eigenvalue weighted by atomic mass is 16.3. The van der Waals surface area contributed by atoms with Gasteiger partial charge in [0.15, 0.2) is 0 Å². The molecule has 1 N–H and O–H groups in total. The summed E-state index contributed by atoms with van der Waals surface area (Å²) >= 11 is 0. The summed E-state index contributed by atoms with van der Waals surface area (Å²) in [5.74, 6) is 0. The fourth-order valence-corrected chi connectivity index (χ4v) is 1.63. The van der Waals surface area contributed by atoms with Gasteiger partial charge in [-0.15, -0.1) is 0 Å². The summed E-state index contributed by atoms with van der Waals surface area (Å²) in [6, 6.07) is 2.01. The van der Waals surface area contributed by atoms with Crippen LogP contribution in [0.3, 0.4) is 0 Å². The quantitative estimate of drug-likeness (QED) is 0.726. The molecule has 0 aliphatic carbocycles. The van der Waals surface area contributed by atoms with E-state index in [2.05, 4.69) is 19.1 Å². The predicted molar refractivity (Wildman–Crippen MR) is 70.9 cm³/mol.